The van der Waals surface area contributed by atoms with Gasteiger partial charge in [0.1, 0.15) is 0 Å². The minimum Gasteiger partial charge on any atom is -0.309 e. The third-order valence-electron chi connectivity index (χ3n) is 9.85. The van der Waals surface area contributed by atoms with Gasteiger partial charge in [0.05, 0.1) is 34.1 Å². The molecule has 7 aromatic carbocycles. The van der Waals surface area contributed by atoms with Crippen LogP contribution in [0.25, 0.3) is 92.7 Å². The van der Waals surface area contributed by atoms with E-state index in [9.17, 15) is 5.26 Å². The Bertz CT molecular complexity index is 2950. The van der Waals surface area contributed by atoms with Gasteiger partial charge in [-0.05, 0) is 83.9 Å². The van der Waals surface area contributed by atoms with Gasteiger partial charge in [0.15, 0.2) is 5.82 Å². The van der Waals surface area contributed by atoms with Crippen LogP contribution >= 0.6 is 11.3 Å². The number of rotatable bonds is 5. The Balaban J connectivity index is 1.13. The predicted octanol–water partition coefficient (Wildman–Crippen LogP) is 12.5. The van der Waals surface area contributed by atoms with Crippen LogP contribution in [0.1, 0.15) is 5.56 Å². The van der Waals surface area contributed by atoms with Crippen molar-refractivity contribution in [2.75, 3.05) is 0 Å². The average molecular weight is 681 g/mol. The third kappa shape index (κ3) is 5.05. The molecule has 0 bridgehead atoms. The predicted molar refractivity (Wildman–Crippen MR) is 216 cm³/mol. The molecule has 3 heterocycles. The van der Waals surface area contributed by atoms with Crippen molar-refractivity contribution < 1.29 is 0 Å². The van der Waals surface area contributed by atoms with Crippen LogP contribution < -0.4 is 0 Å². The summed E-state index contributed by atoms with van der Waals surface area (Å²) in [6, 6.07) is 61.5. The van der Waals surface area contributed by atoms with Crippen LogP contribution in [-0.2, 0) is 0 Å². The lowest BCUT2D eigenvalue weighted by Gasteiger charge is -2.11. The Kier molecular flexibility index (Phi) is 7.02. The number of nitrogens with zero attached hydrogens (tertiary/aromatic N) is 4. The van der Waals surface area contributed by atoms with Gasteiger partial charge in [-0.15, -0.1) is 11.3 Å². The van der Waals surface area contributed by atoms with Gasteiger partial charge in [-0.25, -0.2) is 9.97 Å². The molecule has 0 atom stereocenters. The van der Waals surface area contributed by atoms with E-state index >= 15 is 0 Å². The molecule has 3 aromatic heterocycles. The summed E-state index contributed by atoms with van der Waals surface area (Å²) in [5.74, 6) is 0.697. The van der Waals surface area contributed by atoms with Gasteiger partial charge in [0.25, 0.3) is 0 Å². The summed E-state index contributed by atoms with van der Waals surface area (Å²) >= 11 is 1.82. The third-order valence-corrected chi connectivity index (χ3v) is 11.0. The van der Waals surface area contributed by atoms with Crippen LogP contribution in [0.3, 0.4) is 0 Å². The van der Waals surface area contributed by atoms with Crippen molar-refractivity contribution in [3.8, 4) is 56.8 Å². The first-order valence-electron chi connectivity index (χ1n) is 17.2. The van der Waals surface area contributed by atoms with E-state index in [1.807, 2.05) is 72.0 Å². The summed E-state index contributed by atoms with van der Waals surface area (Å²) in [6.45, 7) is 0. The quantitative estimate of drug-likeness (QED) is 0.182. The average Bonchev–Trinajstić information content (AvgIpc) is 3.76. The molecule has 0 unspecified atom stereocenters. The molecule has 10 aromatic rings. The van der Waals surface area contributed by atoms with E-state index in [1.54, 1.807) is 0 Å². The number of para-hydroxylation sites is 1. The minimum atomic E-state index is 0.666. The minimum absolute atomic E-state index is 0.666. The Morgan fingerprint density at radius 3 is 1.73 bits per heavy atom. The van der Waals surface area contributed by atoms with Gasteiger partial charge >= 0.3 is 0 Å². The largest absolute Gasteiger partial charge is 0.309 e. The standard InChI is InChI=1S/C47H28N4S/c48-29-30-15-17-31(18-16-30)34-20-23-45-39(25-34)40-27-36(21-24-46(40)52-45)51-43-14-8-7-13-37(43)38-26-35(19-22-44(38)51)47-49-41(32-9-3-1-4-10-32)28-42(50-47)33-11-5-2-6-12-33/h1-28H. The van der Waals surface area contributed by atoms with Crippen LogP contribution in [0.5, 0.6) is 0 Å². The zero-order chi connectivity index (χ0) is 34.6. The molecule has 0 aliphatic heterocycles. The van der Waals surface area contributed by atoms with Crippen molar-refractivity contribution in [2.45, 2.75) is 0 Å². The van der Waals surface area contributed by atoms with Gasteiger partial charge < -0.3 is 4.57 Å². The molecule has 0 amide bonds. The topological polar surface area (TPSA) is 54.5 Å². The highest BCUT2D eigenvalue weighted by atomic mass is 32.1. The van der Waals surface area contributed by atoms with Crippen molar-refractivity contribution in [2.24, 2.45) is 0 Å². The lowest BCUT2D eigenvalue weighted by Crippen LogP contribution is -1.96. The fourth-order valence-corrected chi connectivity index (χ4v) is 8.37. The highest BCUT2D eigenvalue weighted by Gasteiger charge is 2.17. The number of nitriles is 1. The van der Waals surface area contributed by atoms with E-state index in [-0.39, 0.29) is 0 Å². The fourth-order valence-electron chi connectivity index (χ4n) is 7.30. The molecule has 242 valence electrons. The van der Waals surface area contributed by atoms with Crippen LogP contribution in [0, 0.1) is 11.3 Å². The van der Waals surface area contributed by atoms with Crippen LogP contribution in [0.15, 0.2) is 170 Å². The van der Waals surface area contributed by atoms with Gasteiger partial charge in [-0.1, -0.05) is 97.1 Å². The number of hydrogen-bond acceptors (Lipinski definition) is 4. The molecule has 0 aliphatic rings. The lowest BCUT2D eigenvalue weighted by molar-refractivity contribution is 1.18. The van der Waals surface area contributed by atoms with Crippen LogP contribution in [-0.4, -0.2) is 14.5 Å². The first kappa shape index (κ1) is 30.0. The fraction of sp³-hybridized carbons (Fsp3) is 0. The molecular formula is C47H28N4S. The molecule has 0 N–H and O–H groups in total. The highest BCUT2D eigenvalue weighted by Crippen LogP contribution is 2.40. The zero-order valence-corrected chi connectivity index (χ0v) is 28.7. The molecule has 52 heavy (non-hydrogen) atoms. The molecule has 4 nitrogen and oxygen atoms in total. The molecule has 5 heteroatoms. The van der Waals surface area contributed by atoms with E-state index < -0.39 is 0 Å². The number of thiophene rings is 1. The lowest BCUT2D eigenvalue weighted by atomic mass is 10.0. The van der Waals surface area contributed by atoms with Crippen molar-refractivity contribution in [3.05, 3.63) is 175 Å². The number of fused-ring (bicyclic) bond motifs is 6. The zero-order valence-electron chi connectivity index (χ0n) is 27.9. The van der Waals surface area contributed by atoms with Gasteiger partial charge in [-0.2, -0.15) is 5.26 Å². The number of hydrogen-bond donors (Lipinski definition) is 0. The normalized spacial score (nSPS) is 11.4. The van der Waals surface area contributed by atoms with E-state index in [0.717, 1.165) is 61.3 Å². The van der Waals surface area contributed by atoms with Crippen LogP contribution in [0.4, 0.5) is 0 Å². The number of aromatic nitrogens is 3. The van der Waals surface area contributed by atoms with E-state index in [2.05, 4.69) is 120 Å². The molecule has 0 fully saturated rings. The summed E-state index contributed by atoms with van der Waals surface area (Å²) in [4.78, 5) is 10.2. The second kappa shape index (κ2) is 12.2. The summed E-state index contributed by atoms with van der Waals surface area (Å²) < 4.78 is 4.88. The van der Waals surface area contributed by atoms with Gasteiger partial charge in [0, 0.05) is 53.3 Å². The number of benzene rings is 7. The van der Waals surface area contributed by atoms with Crippen molar-refractivity contribution in [1.82, 2.24) is 14.5 Å². The van der Waals surface area contributed by atoms with Crippen molar-refractivity contribution in [1.29, 1.82) is 5.26 Å². The highest BCUT2D eigenvalue weighted by molar-refractivity contribution is 7.25. The Labute approximate surface area is 304 Å². The van der Waals surface area contributed by atoms with Crippen LogP contribution in [0.2, 0.25) is 0 Å². The van der Waals surface area contributed by atoms with E-state index in [0.29, 0.717) is 11.4 Å². The molecule has 0 spiro atoms. The molecule has 0 radical (unpaired) electrons. The van der Waals surface area contributed by atoms with Gasteiger partial charge in [-0.3, -0.25) is 0 Å². The maximum Gasteiger partial charge on any atom is 0.160 e. The molecular weight excluding hydrogens is 653 g/mol. The maximum absolute atomic E-state index is 9.28. The maximum atomic E-state index is 9.28. The van der Waals surface area contributed by atoms with Crippen molar-refractivity contribution >= 4 is 53.3 Å². The second-order valence-corrected chi connectivity index (χ2v) is 14.0. The molecule has 0 saturated carbocycles. The molecule has 0 aliphatic carbocycles. The summed E-state index contributed by atoms with van der Waals surface area (Å²) in [6.07, 6.45) is 0. The summed E-state index contributed by atoms with van der Waals surface area (Å²) in [5.41, 5.74) is 11.2. The first-order chi connectivity index (χ1) is 25.7. The Morgan fingerprint density at radius 1 is 0.442 bits per heavy atom. The first-order valence-corrected chi connectivity index (χ1v) is 18.0. The summed E-state index contributed by atoms with van der Waals surface area (Å²) in [7, 11) is 0. The van der Waals surface area contributed by atoms with Crippen molar-refractivity contribution in [3.63, 3.8) is 0 Å². The van der Waals surface area contributed by atoms with Gasteiger partial charge in [0.2, 0.25) is 0 Å². The van der Waals surface area contributed by atoms with E-state index in [1.165, 1.54) is 25.6 Å². The monoisotopic (exact) mass is 680 g/mol. The smallest absolute Gasteiger partial charge is 0.160 e. The SMILES string of the molecule is N#Cc1ccc(-c2ccc3sc4ccc(-n5c6ccccc6c6cc(-c7nc(-c8ccccc8)cc(-c8ccccc8)n7)ccc65)cc4c3c2)cc1. The Morgan fingerprint density at radius 2 is 1.02 bits per heavy atom. The summed E-state index contributed by atoms with van der Waals surface area (Å²) in [5, 5.41) is 14.1. The van der Waals surface area contributed by atoms with E-state index in [4.69, 9.17) is 9.97 Å². The second-order valence-electron chi connectivity index (χ2n) is 13.0. The molecule has 0 saturated heterocycles. The molecule has 10 rings (SSSR count). The Hall–Kier alpha value is -6.87.